The Labute approximate surface area is 206 Å². The zero-order valence-corrected chi connectivity index (χ0v) is 22.3. The van der Waals surface area contributed by atoms with Crippen molar-refractivity contribution in [2.45, 2.75) is 58.5 Å². The first kappa shape index (κ1) is 24.4. The van der Waals surface area contributed by atoms with Crippen LogP contribution < -0.4 is 9.64 Å². The lowest BCUT2D eigenvalue weighted by molar-refractivity contribution is -0.118. The fourth-order valence-corrected chi connectivity index (χ4v) is 4.73. The van der Waals surface area contributed by atoms with Crippen molar-refractivity contribution in [1.82, 2.24) is 15.0 Å². The summed E-state index contributed by atoms with van der Waals surface area (Å²) in [5.41, 5.74) is 3.90. The molecule has 7 nitrogen and oxygen atoms in total. The van der Waals surface area contributed by atoms with Gasteiger partial charge in [0.25, 0.3) is 0 Å². The summed E-state index contributed by atoms with van der Waals surface area (Å²) < 4.78 is 13.4. The van der Waals surface area contributed by atoms with Crippen LogP contribution in [0.25, 0.3) is 5.69 Å². The molecule has 3 aromatic rings. The lowest BCUT2D eigenvalue weighted by Gasteiger charge is -2.35. The predicted octanol–water partition coefficient (Wildman–Crippen LogP) is 5.54. The number of nitrogens with zero attached hydrogens (tertiary/aromatic N) is 4. The number of hydrogen-bond donors (Lipinski definition) is 0. The van der Waals surface area contributed by atoms with Crippen LogP contribution in [-0.2, 0) is 28.8 Å². The van der Waals surface area contributed by atoms with Crippen LogP contribution in [0.3, 0.4) is 0 Å². The van der Waals surface area contributed by atoms with Crippen molar-refractivity contribution < 1.29 is 14.0 Å². The molecule has 0 fully saturated rings. The van der Waals surface area contributed by atoms with Gasteiger partial charge in [-0.1, -0.05) is 49.7 Å². The average Bonchev–Trinajstić information content (AvgIpc) is 3.13. The third kappa shape index (κ3) is 4.75. The van der Waals surface area contributed by atoms with Gasteiger partial charge in [0.2, 0.25) is 5.91 Å². The smallest absolute Gasteiger partial charge is 0.233 e. The van der Waals surface area contributed by atoms with Gasteiger partial charge in [-0.3, -0.25) is 4.79 Å². The summed E-state index contributed by atoms with van der Waals surface area (Å²) in [6.45, 7) is 11.7. The Morgan fingerprint density at radius 2 is 1.79 bits per heavy atom. The molecule has 1 aliphatic rings. The number of ether oxygens (including phenoxy) is 1. The van der Waals surface area contributed by atoms with Crippen LogP contribution in [0, 0.1) is 0 Å². The number of fused-ring (bicyclic) bond motifs is 3. The molecule has 0 unspecified atom stereocenters. The van der Waals surface area contributed by atoms with E-state index in [4.69, 9.17) is 20.8 Å². The van der Waals surface area contributed by atoms with Crippen LogP contribution in [0.4, 0.5) is 5.69 Å². The second kappa shape index (κ2) is 9.17. The van der Waals surface area contributed by atoms with Crippen LogP contribution in [0.15, 0.2) is 42.5 Å². The molecule has 0 N–H and O–H groups in total. The number of amides is 1. The molecule has 0 bridgehead atoms. The Kier molecular flexibility index (Phi) is 6.59. The van der Waals surface area contributed by atoms with Crippen molar-refractivity contribution in [2.75, 3.05) is 12.0 Å². The predicted molar refractivity (Wildman–Crippen MR) is 136 cm³/mol. The number of halogens is 1. The molecule has 4 rings (SSSR count). The molecule has 2 heterocycles. The highest BCUT2D eigenvalue weighted by atomic mass is 35.5. The Morgan fingerprint density at radius 3 is 2.44 bits per heavy atom. The monoisotopic (exact) mass is 498 g/mol. The minimum Gasteiger partial charge on any atom is -0.497 e. The molecule has 0 saturated carbocycles. The van der Waals surface area contributed by atoms with E-state index in [-0.39, 0.29) is 17.4 Å². The second-order valence-electron chi connectivity index (χ2n) is 10.1. The zero-order valence-electron chi connectivity index (χ0n) is 20.6. The Balaban J connectivity index is 1.69. The Morgan fingerprint density at radius 1 is 1.09 bits per heavy atom. The molecule has 2 aromatic carbocycles. The van der Waals surface area contributed by atoms with Gasteiger partial charge in [-0.15, -0.1) is 5.10 Å². The fourth-order valence-electron chi connectivity index (χ4n) is 3.63. The van der Waals surface area contributed by atoms with Gasteiger partial charge >= 0.3 is 0 Å². The molecule has 0 radical (unpaired) electrons. The first-order chi connectivity index (χ1) is 16.0. The zero-order chi connectivity index (χ0) is 24.7. The molecule has 1 aromatic heterocycles. The van der Waals surface area contributed by atoms with Crippen molar-refractivity contribution in [3.63, 3.8) is 0 Å². The molecule has 180 valence electrons. The maximum absolute atomic E-state index is 13.5. The highest BCUT2D eigenvalue weighted by Crippen LogP contribution is 2.38. The molecule has 0 saturated heterocycles. The van der Waals surface area contributed by atoms with Crippen molar-refractivity contribution in [3.05, 3.63) is 64.4 Å². The summed E-state index contributed by atoms with van der Waals surface area (Å²) in [7, 11) is -0.359. The first-order valence-corrected chi connectivity index (χ1v) is 14.6. The molecular weight excluding hydrogens is 468 g/mol. The van der Waals surface area contributed by atoms with E-state index in [1.54, 1.807) is 22.8 Å². The van der Waals surface area contributed by atoms with E-state index in [9.17, 15) is 4.79 Å². The minimum absolute atomic E-state index is 0.0333. The largest absolute Gasteiger partial charge is 0.497 e. The van der Waals surface area contributed by atoms with Gasteiger partial charge in [-0.2, -0.15) is 0 Å². The molecule has 34 heavy (non-hydrogen) atoms. The van der Waals surface area contributed by atoms with E-state index < -0.39 is 8.32 Å². The summed E-state index contributed by atoms with van der Waals surface area (Å²) in [6, 6.07) is 13.2. The average molecular weight is 499 g/mol. The van der Waals surface area contributed by atoms with E-state index in [1.807, 2.05) is 36.4 Å². The molecular formula is C25H31ClN4O3Si. The summed E-state index contributed by atoms with van der Waals surface area (Å²) in [4.78, 5) is 15.3. The van der Waals surface area contributed by atoms with E-state index >= 15 is 0 Å². The Bertz CT molecular complexity index is 1200. The molecule has 9 heteroatoms. The van der Waals surface area contributed by atoms with Gasteiger partial charge in [0.1, 0.15) is 11.4 Å². The number of benzene rings is 2. The number of hydrogen-bond acceptors (Lipinski definition) is 5. The minimum atomic E-state index is -1.99. The summed E-state index contributed by atoms with van der Waals surface area (Å²) in [5.74, 6) is 0.740. The molecule has 1 aliphatic heterocycles. The van der Waals surface area contributed by atoms with Crippen LogP contribution in [0.1, 0.15) is 37.7 Å². The first-order valence-electron chi connectivity index (χ1n) is 11.3. The Hall–Kier alpha value is -2.68. The van der Waals surface area contributed by atoms with Crippen LogP contribution in [0.5, 0.6) is 5.75 Å². The van der Waals surface area contributed by atoms with Crippen molar-refractivity contribution in [2.24, 2.45) is 0 Å². The summed E-state index contributed by atoms with van der Waals surface area (Å²) >= 11 is 6.35. The maximum Gasteiger partial charge on any atom is 0.233 e. The second-order valence-corrected chi connectivity index (χ2v) is 15.3. The number of aromatic nitrogens is 3. The number of rotatable bonds is 6. The molecule has 1 amide bonds. The normalized spacial score (nSPS) is 14.0. The fraction of sp³-hybridized carbons (Fsp3) is 0.400. The van der Waals surface area contributed by atoms with E-state index in [0.29, 0.717) is 23.9 Å². The molecule has 0 aliphatic carbocycles. The van der Waals surface area contributed by atoms with Crippen molar-refractivity contribution >= 4 is 31.5 Å². The SMILES string of the molecule is COc1ccc(CN2C(=O)Cc3c(CO[Si](C)(C)C(C)(C)C)nnn3-c3cc(Cl)ccc32)cc1. The van der Waals surface area contributed by atoms with E-state index in [1.165, 1.54) is 0 Å². The van der Waals surface area contributed by atoms with Gasteiger partial charge in [0.15, 0.2) is 8.32 Å². The van der Waals surface area contributed by atoms with Crippen LogP contribution in [0.2, 0.25) is 23.2 Å². The van der Waals surface area contributed by atoms with Gasteiger partial charge in [-0.05, 0) is 54.0 Å². The van der Waals surface area contributed by atoms with Crippen LogP contribution in [-0.4, -0.2) is 36.3 Å². The lowest BCUT2D eigenvalue weighted by Crippen LogP contribution is -2.40. The van der Waals surface area contributed by atoms with E-state index in [0.717, 1.165) is 28.4 Å². The van der Waals surface area contributed by atoms with E-state index in [2.05, 4.69) is 44.2 Å². The standard InChI is InChI=1S/C25H31ClN4O3Si/c1-25(2,3)34(5,6)33-16-20-22-14-24(31)29(15-17-7-10-19(32-4)11-8-17)21-12-9-18(26)13-23(21)30(22)28-27-20/h7-13H,14-16H2,1-6H3. The van der Waals surface area contributed by atoms with Gasteiger partial charge in [-0.25, -0.2) is 4.68 Å². The van der Waals surface area contributed by atoms with Crippen LogP contribution >= 0.6 is 11.6 Å². The van der Waals surface area contributed by atoms with Gasteiger partial charge in [0, 0.05) is 5.02 Å². The third-order valence-electron chi connectivity index (χ3n) is 6.80. The maximum atomic E-state index is 13.5. The van der Waals surface area contributed by atoms with Gasteiger partial charge < -0.3 is 14.1 Å². The van der Waals surface area contributed by atoms with Crippen molar-refractivity contribution in [3.8, 4) is 11.4 Å². The van der Waals surface area contributed by atoms with Gasteiger partial charge in [0.05, 0.1) is 43.8 Å². The molecule has 0 atom stereocenters. The lowest BCUT2D eigenvalue weighted by atomic mass is 10.1. The van der Waals surface area contributed by atoms with Crippen molar-refractivity contribution in [1.29, 1.82) is 0 Å². The molecule has 0 spiro atoms. The number of anilines is 1. The highest BCUT2D eigenvalue weighted by molar-refractivity contribution is 6.74. The topological polar surface area (TPSA) is 69.5 Å². The highest BCUT2D eigenvalue weighted by Gasteiger charge is 2.38. The number of methoxy groups -OCH3 is 1. The third-order valence-corrected chi connectivity index (χ3v) is 11.5. The summed E-state index contributed by atoms with van der Waals surface area (Å²) in [6.07, 6.45) is 0.172. The summed E-state index contributed by atoms with van der Waals surface area (Å²) in [5, 5.41) is 9.45. The number of carbonyl (C=O) groups is 1. The number of carbonyl (C=O) groups excluding carboxylic acids is 1. The quantitative estimate of drug-likeness (QED) is 0.417.